The van der Waals surface area contributed by atoms with Gasteiger partial charge >= 0.3 is 0 Å². The van der Waals surface area contributed by atoms with Gasteiger partial charge in [-0.05, 0) is 32.6 Å². The quantitative estimate of drug-likeness (QED) is 0.616. The van der Waals surface area contributed by atoms with Crippen molar-refractivity contribution in [1.29, 1.82) is 0 Å². The summed E-state index contributed by atoms with van der Waals surface area (Å²) in [5, 5.41) is 0. The highest BCUT2D eigenvalue weighted by molar-refractivity contribution is 4.96. The molecule has 0 aromatic rings. The molecule has 0 radical (unpaired) electrons. The largest absolute Gasteiger partial charge is 0.372 e. The van der Waals surface area contributed by atoms with Gasteiger partial charge in [0.2, 0.25) is 0 Å². The number of hydrogen-bond donors (Lipinski definition) is 0. The predicted molar refractivity (Wildman–Crippen MR) is 55.6 cm³/mol. The molecule has 3 heteroatoms. The zero-order chi connectivity index (χ0) is 10.4. The van der Waals surface area contributed by atoms with Crippen LogP contribution in [0.4, 0.5) is 0 Å². The van der Waals surface area contributed by atoms with Crippen LogP contribution in [0, 0.1) is 0 Å². The third-order valence-electron chi connectivity index (χ3n) is 4.19. The molecule has 2 spiro atoms. The maximum absolute atomic E-state index is 6.08. The first-order valence-corrected chi connectivity index (χ1v) is 6.18. The summed E-state index contributed by atoms with van der Waals surface area (Å²) in [6.07, 6.45) is 7.14. The van der Waals surface area contributed by atoms with Crippen molar-refractivity contribution in [3.05, 3.63) is 0 Å². The van der Waals surface area contributed by atoms with Crippen molar-refractivity contribution in [2.24, 2.45) is 0 Å². The van der Waals surface area contributed by atoms with Crippen LogP contribution in [-0.2, 0) is 14.2 Å². The summed E-state index contributed by atoms with van der Waals surface area (Å²) < 4.78 is 17.5. The van der Waals surface area contributed by atoms with Crippen LogP contribution >= 0.6 is 0 Å². The van der Waals surface area contributed by atoms with E-state index in [0.29, 0.717) is 6.10 Å². The minimum absolute atomic E-state index is 0.167. The van der Waals surface area contributed by atoms with Gasteiger partial charge in [0, 0.05) is 12.8 Å². The summed E-state index contributed by atoms with van der Waals surface area (Å²) in [4.78, 5) is 0. The summed E-state index contributed by atoms with van der Waals surface area (Å²) in [7, 11) is 0. The van der Waals surface area contributed by atoms with Gasteiger partial charge in [-0.3, -0.25) is 0 Å². The van der Waals surface area contributed by atoms with Crippen LogP contribution < -0.4 is 0 Å². The van der Waals surface area contributed by atoms with Gasteiger partial charge in [0.15, 0.2) is 5.79 Å². The molecule has 0 aromatic heterocycles. The van der Waals surface area contributed by atoms with Gasteiger partial charge in [-0.2, -0.15) is 0 Å². The van der Waals surface area contributed by atoms with E-state index in [0.717, 1.165) is 38.9 Å². The summed E-state index contributed by atoms with van der Waals surface area (Å²) in [5.41, 5.74) is 0.167. The lowest BCUT2D eigenvalue weighted by Gasteiger charge is -2.41. The van der Waals surface area contributed by atoms with Gasteiger partial charge in [-0.25, -0.2) is 0 Å². The van der Waals surface area contributed by atoms with Crippen LogP contribution in [-0.4, -0.2) is 30.7 Å². The summed E-state index contributed by atoms with van der Waals surface area (Å²) in [6, 6.07) is 0. The Morgan fingerprint density at radius 3 is 2.13 bits per heavy atom. The first-order valence-electron chi connectivity index (χ1n) is 6.18. The van der Waals surface area contributed by atoms with Gasteiger partial charge in [0.1, 0.15) is 0 Å². The Bertz CT molecular complexity index is 235. The molecule has 3 aliphatic rings. The van der Waals surface area contributed by atoms with Crippen molar-refractivity contribution in [2.75, 3.05) is 13.2 Å². The van der Waals surface area contributed by atoms with Crippen LogP contribution in [0.1, 0.15) is 45.4 Å². The average Bonchev–Trinajstić information content (AvgIpc) is 2.81. The minimum Gasteiger partial charge on any atom is -0.372 e. The molecule has 0 bridgehead atoms. The first kappa shape index (κ1) is 10.1. The predicted octanol–water partition coefficient (Wildman–Crippen LogP) is 2.24. The molecule has 0 N–H and O–H groups in total. The molecule has 2 saturated heterocycles. The fourth-order valence-corrected chi connectivity index (χ4v) is 3.25. The van der Waals surface area contributed by atoms with Crippen molar-refractivity contribution in [3.63, 3.8) is 0 Å². The normalized spacial score (nSPS) is 37.8. The molecule has 1 aliphatic carbocycles. The highest BCUT2D eigenvalue weighted by Crippen LogP contribution is 2.47. The van der Waals surface area contributed by atoms with E-state index in [9.17, 15) is 0 Å². The van der Waals surface area contributed by atoms with E-state index in [1.54, 1.807) is 0 Å². The molecule has 3 nitrogen and oxygen atoms in total. The summed E-state index contributed by atoms with van der Waals surface area (Å²) in [6.45, 7) is 3.72. The molecule has 15 heavy (non-hydrogen) atoms. The van der Waals surface area contributed by atoms with Crippen molar-refractivity contribution in [3.8, 4) is 0 Å². The van der Waals surface area contributed by atoms with Gasteiger partial charge in [-0.15, -0.1) is 0 Å². The van der Waals surface area contributed by atoms with Gasteiger partial charge in [-0.1, -0.05) is 0 Å². The lowest BCUT2D eigenvalue weighted by molar-refractivity contribution is -0.207. The van der Waals surface area contributed by atoms with E-state index in [1.807, 2.05) is 0 Å². The zero-order valence-electron chi connectivity index (χ0n) is 9.46. The van der Waals surface area contributed by atoms with E-state index in [1.165, 1.54) is 12.8 Å². The zero-order valence-corrected chi connectivity index (χ0v) is 9.46. The summed E-state index contributed by atoms with van der Waals surface area (Å²) in [5.74, 6) is -0.236. The van der Waals surface area contributed by atoms with Gasteiger partial charge < -0.3 is 14.2 Å². The second-order valence-electron chi connectivity index (χ2n) is 5.26. The van der Waals surface area contributed by atoms with Crippen LogP contribution in [0.2, 0.25) is 0 Å². The molecule has 0 amide bonds. The molecule has 1 unspecified atom stereocenters. The van der Waals surface area contributed by atoms with Crippen molar-refractivity contribution >= 4 is 0 Å². The van der Waals surface area contributed by atoms with E-state index in [2.05, 4.69) is 6.92 Å². The van der Waals surface area contributed by atoms with Gasteiger partial charge in [0.25, 0.3) is 0 Å². The number of ether oxygens (including phenoxy) is 3. The highest BCUT2D eigenvalue weighted by Gasteiger charge is 2.49. The maximum atomic E-state index is 6.08. The molecular formula is C12H20O3. The van der Waals surface area contributed by atoms with Crippen molar-refractivity contribution in [2.45, 2.75) is 62.9 Å². The van der Waals surface area contributed by atoms with Crippen LogP contribution in [0.15, 0.2) is 0 Å². The Labute approximate surface area is 91.1 Å². The van der Waals surface area contributed by atoms with Crippen molar-refractivity contribution in [1.82, 2.24) is 0 Å². The average molecular weight is 212 g/mol. The van der Waals surface area contributed by atoms with Crippen LogP contribution in [0.5, 0.6) is 0 Å². The SMILES string of the molecule is CC1CCC2(CCC3(CC2)OCCO3)O1. The minimum atomic E-state index is -0.236. The summed E-state index contributed by atoms with van der Waals surface area (Å²) >= 11 is 0. The number of hydrogen-bond acceptors (Lipinski definition) is 3. The van der Waals surface area contributed by atoms with Gasteiger partial charge in [0.05, 0.1) is 24.9 Å². The Hall–Kier alpha value is -0.120. The van der Waals surface area contributed by atoms with E-state index < -0.39 is 0 Å². The van der Waals surface area contributed by atoms with E-state index >= 15 is 0 Å². The molecule has 86 valence electrons. The maximum Gasteiger partial charge on any atom is 0.168 e. The fourth-order valence-electron chi connectivity index (χ4n) is 3.25. The lowest BCUT2D eigenvalue weighted by Crippen LogP contribution is -2.43. The molecule has 2 heterocycles. The Morgan fingerprint density at radius 1 is 0.933 bits per heavy atom. The monoisotopic (exact) mass is 212 g/mol. The molecule has 2 aliphatic heterocycles. The standard InChI is InChI=1S/C12H20O3/c1-10-2-3-11(15-10)4-6-12(7-5-11)13-8-9-14-12/h10H,2-9H2,1H3. The molecular weight excluding hydrogens is 192 g/mol. The second kappa shape index (κ2) is 3.44. The van der Waals surface area contributed by atoms with Crippen molar-refractivity contribution < 1.29 is 14.2 Å². The number of rotatable bonds is 0. The Kier molecular flexibility index (Phi) is 2.31. The topological polar surface area (TPSA) is 27.7 Å². The molecule has 0 aromatic carbocycles. The second-order valence-corrected chi connectivity index (χ2v) is 5.26. The van der Waals surface area contributed by atoms with E-state index in [4.69, 9.17) is 14.2 Å². The Balaban J connectivity index is 1.65. The third kappa shape index (κ3) is 1.71. The van der Waals surface area contributed by atoms with Crippen LogP contribution in [0.25, 0.3) is 0 Å². The first-order chi connectivity index (χ1) is 7.22. The van der Waals surface area contributed by atoms with E-state index in [-0.39, 0.29) is 11.4 Å². The highest BCUT2D eigenvalue weighted by atomic mass is 16.7. The smallest absolute Gasteiger partial charge is 0.168 e. The molecule has 3 fully saturated rings. The lowest BCUT2D eigenvalue weighted by atomic mass is 9.79. The fraction of sp³-hybridized carbons (Fsp3) is 1.00. The Morgan fingerprint density at radius 2 is 1.60 bits per heavy atom. The third-order valence-corrected chi connectivity index (χ3v) is 4.19. The van der Waals surface area contributed by atoms with Crippen LogP contribution in [0.3, 0.4) is 0 Å². The molecule has 1 saturated carbocycles. The molecule has 3 rings (SSSR count). The molecule has 1 atom stereocenters.